The van der Waals surface area contributed by atoms with E-state index in [1.54, 1.807) is 7.11 Å². The predicted octanol–water partition coefficient (Wildman–Crippen LogP) is 3.76. The van der Waals surface area contributed by atoms with E-state index in [2.05, 4.69) is 40.3 Å². The Bertz CT molecular complexity index is 1310. The molecule has 1 atom stereocenters. The summed E-state index contributed by atoms with van der Waals surface area (Å²) in [4.78, 5) is 22.4. The number of aromatic nitrogens is 4. The molecule has 1 amide bonds. The molecule has 1 saturated heterocycles. The van der Waals surface area contributed by atoms with E-state index in [0.717, 1.165) is 34.1 Å². The Balaban J connectivity index is 1.47. The van der Waals surface area contributed by atoms with Gasteiger partial charge in [0.25, 0.3) is 5.91 Å². The summed E-state index contributed by atoms with van der Waals surface area (Å²) in [5, 5.41) is 9.99. The number of hydrogen-bond donors (Lipinski definition) is 0. The van der Waals surface area contributed by atoms with Gasteiger partial charge in [0, 0.05) is 42.5 Å². The van der Waals surface area contributed by atoms with E-state index in [1.807, 2.05) is 53.4 Å². The molecule has 1 unspecified atom stereocenters. The zero-order valence-electron chi connectivity index (χ0n) is 19.4. The van der Waals surface area contributed by atoms with Crippen LogP contribution in [-0.2, 0) is 0 Å². The van der Waals surface area contributed by atoms with Crippen LogP contribution in [0.2, 0.25) is 0 Å². The van der Waals surface area contributed by atoms with Crippen molar-refractivity contribution in [1.29, 1.82) is 0 Å². The van der Waals surface area contributed by atoms with Gasteiger partial charge in [-0.15, -0.1) is 10.2 Å². The standard InChI is InChI=1S/C25H28N6O2/c1-16(2)22-27-28-23-20-7-5-6-8-21(20)26-25(31(22)23)29-13-14-30(17(3)15-29)24(32)18-9-11-19(33-4)12-10-18/h5-12,16-17H,13-15H2,1-4H3. The molecular weight excluding hydrogens is 416 g/mol. The largest absolute Gasteiger partial charge is 0.497 e. The number of fused-ring (bicyclic) bond motifs is 3. The van der Waals surface area contributed by atoms with Gasteiger partial charge in [0.15, 0.2) is 5.65 Å². The number of carbonyl (C=O) groups excluding carboxylic acids is 1. The maximum Gasteiger partial charge on any atom is 0.254 e. The number of benzene rings is 2. The van der Waals surface area contributed by atoms with Gasteiger partial charge in [-0.25, -0.2) is 9.38 Å². The van der Waals surface area contributed by atoms with Crippen LogP contribution in [0.4, 0.5) is 5.95 Å². The smallest absolute Gasteiger partial charge is 0.254 e. The fourth-order valence-electron chi connectivity index (χ4n) is 4.51. The molecule has 3 heterocycles. The van der Waals surface area contributed by atoms with Gasteiger partial charge < -0.3 is 14.5 Å². The van der Waals surface area contributed by atoms with Crippen molar-refractivity contribution < 1.29 is 9.53 Å². The van der Waals surface area contributed by atoms with Gasteiger partial charge in [-0.05, 0) is 43.3 Å². The topological polar surface area (TPSA) is 75.9 Å². The minimum absolute atomic E-state index is 0.0238. The molecular formula is C25H28N6O2. The summed E-state index contributed by atoms with van der Waals surface area (Å²) < 4.78 is 7.30. The lowest BCUT2D eigenvalue weighted by molar-refractivity contribution is 0.0673. The third-order valence-electron chi connectivity index (χ3n) is 6.28. The molecule has 8 nitrogen and oxygen atoms in total. The Kier molecular flexibility index (Phi) is 5.36. The third-order valence-corrected chi connectivity index (χ3v) is 6.28. The van der Waals surface area contributed by atoms with Gasteiger partial charge in [0.1, 0.15) is 11.6 Å². The van der Waals surface area contributed by atoms with Crippen LogP contribution in [0.3, 0.4) is 0 Å². The van der Waals surface area contributed by atoms with Gasteiger partial charge in [-0.3, -0.25) is 4.79 Å². The van der Waals surface area contributed by atoms with Crippen LogP contribution in [0.25, 0.3) is 16.6 Å². The summed E-state index contributed by atoms with van der Waals surface area (Å²) in [6.45, 7) is 8.29. The quantitative estimate of drug-likeness (QED) is 0.477. The van der Waals surface area contributed by atoms with Gasteiger partial charge in [-0.1, -0.05) is 26.0 Å². The Labute approximate surface area is 192 Å². The number of methoxy groups -OCH3 is 1. The number of ether oxygens (including phenoxy) is 1. The summed E-state index contributed by atoms with van der Waals surface area (Å²) >= 11 is 0. The van der Waals surface area contributed by atoms with Crippen LogP contribution in [-0.4, -0.2) is 63.2 Å². The van der Waals surface area contributed by atoms with E-state index in [4.69, 9.17) is 9.72 Å². The first-order valence-electron chi connectivity index (χ1n) is 11.3. The zero-order valence-corrected chi connectivity index (χ0v) is 19.4. The first-order chi connectivity index (χ1) is 16.0. The predicted molar refractivity (Wildman–Crippen MR) is 128 cm³/mol. The van der Waals surface area contributed by atoms with Crippen LogP contribution < -0.4 is 9.64 Å². The average Bonchev–Trinajstić information content (AvgIpc) is 3.29. The van der Waals surface area contributed by atoms with Crippen molar-refractivity contribution >= 4 is 28.4 Å². The molecule has 1 aliphatic rings. The summed E-state index contributed by atoms with van der Waals surface area (Å²) in [7, 11) is 1.62. The van der Waals surface area contributed by atoms with E-state index in [-0.39, 0.29) is 17.9 Å². The maximum absolute atomic E-state index is 13.2. The van der Waals surface area contributed by atoms with Crippen LogP contribution in [0.1, 0.15) is 42.9 Å². The number of carbonyl (C=O) groups is 1. The molecule has 0 bridgehead atoms. The van der Waals surface area contributed by atoms with E-state index in [1.165, 1.54) is 0 Å². The van der Waals surface area contributed by atoms with Crippen molar-refractivity contribution in [2.75, 3.05) is 31.6 Å². The van der Waals surface area contributed by atoms with E-state index < -0.39 is 0 Å². The number of amides is 1. The number of piperazine rings is 1. The number of rotatable bonds is 4. The molecule has 0 spiro atoms. The van der Waals surface area contributed by atoms with Gasteiger partial charge >= 0.3 is 0 Å². The number of nitrogens with zero attached hydrogens (tertiary/aromatic N) is 6. The minimum Gasteiger partial charge on any atom is -0.497 e. The Morgan fingerprint density at radius 3 is 2.52 bits per heavy atom. The van der Waals surface area contributed by atoms with E-state index >= 15 is 0 Å². The molecule has 2 aromatic heterocycles. The van der Waals surface area contributed by atoms with E-state index in [0.29, 0.717) is 25.2 Å². The first kappa shape index (κ1) is 21.2. The summed E-state index contributed by atoms with van der Waals surface area (Å²) in [5.74, 6) is 2.71. The lowest BCUT2D eigenvalue weighted by Gasteiger charge is -2.40. The molecule has 0 saturated carbocycles. The molecule has 33 heavy (non-hydrogen) atoms. The highest BCUT2D eigenvalue weighted by Crippen LogP contribution is 2.28. The summed E-state index contributed by atoms with van der Waals surface area (Å²) in [6.07, 6.45) is 0. The molecule has 1 aliphatic heterocycles. The second-order valence-corrected chi connectivity index (χ2v) is 8.82. The van der Waals surface area contributed by atoms with Crippen molar-refractivity contribution in [3.63, 3.8) is 0 Å². The monoisotopic (exact) mass is 444 g/mol. The Morgan fingerprint density at radius 2 is 1.82 bits per heavy atom. The van der Waals surface area contributed by atoms with Gasteiger partial charge in [0.05, 0.1) is 12.6 Å². The van der Waals surface area contributed by atoms with Crippen LogP contribution in [0, 0.1) is 0 Å². The molecule has 2 aromatic carbocycles. The van der Waals surface area contributed by atoms with Crippen LogP contribution in [0.5, 0.6) is 5.75 Å². The highest BCUT2D eigenvalue weighted by molar-refractivity contribution is 5.95. The molecule has 0 N–H and O–H groups in total. The van der Waals surface area contributed by atoms with Gasteiger partial charge in [-0.2, -0.15) is 0 Å². The van der Waals surface area contributed by atoms with Crippen LogP contribution >= 0.6 is 0 Å². The zero-order chi connectivity index (χ0) is 23.1. The number of hydrogen-bond acceptors (Lipinski definition) is 6. The average molecular weight is 445 g/mol. The van der Waals surface area contributed by atoms with Crippen molar-refractivity contribution in [2.45, 2.75) is 32.7 Å². The second-order valence-electron chi connectivity index (χ2n) is 8.82. The highest BCUT2D eigenvalue weighted by Gasteiger charge is 2.31. The lowest BCUT2D eigenvalue weighted by atomic mass is 10.1. The molecule has 170 valence electrons. The molecule has 8 heteroatoms. The van der Waals surface area contributed by atoms with E-state index in [9.17, 15) is 4.79 Å². The highest BCUT2D eigenvalue weighted by atomic mass is 16.5. The fourth-order valence-corrected chi connectivity index (χ4v) is 4.51. The second kappa shape index (κ2) is 8.35. The SMILES string of the molecule is COc1ccc(C(=O)N2CCN(c3nc4ccccc4c4nnc(C(C)C)n34)CC2C)cc1. The Morgan fingerprint density at radius 1 is 1.06 bits per heavy atom. The molecule has 5 rings (SSSR count). The summed E-state index contributed by atoms with van der Waals surface area (Å²) in [6, 6.07) is 15.3. The fraction of sp³-hybridized carbons (Fsp3) is 0.360. The summed E-state index contributed by atoms with van der Waals surface area (Å²) in [5.41, 5.74) is 2.39. The maximum atomic E-state index is 13.2. The van der Waals surface area contributed by atoms with Crippen molar-refractivity contribution in [3.05, 3.63) is 59.9 Å². The van der Waals surface area contributed by atoms with Crippen molar-refractivity contribution in [2.24, 2.45) is 0 Å². The van der Waals surface area contributed by atoms with Gasteiger partial charge in [0.2, 0.25) is 5.95 Å². The Hall–Kier alpha value is -3.68. The van der Waals surface area contributed by atoms with Crippen LogP contribution in [0.15, 0.2) is 48.5 Å². The third kappa shape index (κ3) is 3.65. The molecule has 0 aliphatic carbocycles. The normalized spacial score (nSPS) is 16.7. The number of anilines is 1. The molecule has 4 aromatic rings. The van der Waals surface area contributed by atoms with Crippen molar-refractivity contribution in [3.8, 4) is 5.75 Å². The van der Waals surface area contributed by atoms with Crippen molar-refractivity contribution in [1.82, 2.24) is 24.5 Å². The molecule has 0 radical (unpaired) electrons. The number of para-hydroxylation sites is 1. The molecule has 1 fully saturated rings. The lowest BCUT2D eigenvalue weighted by Crippen LogP contribution is -2.54. The first-order valence-corrected chi connectivity index (χ1v) is 11.3. The minimum atomic E-state index is 0.0238.